The molecule has 0 aliphatic carbocycles. The molecule has 1 atom stereocenters. The Morgan fingerprint density at radius 3 is 2.14 bits per heavy atom. The standard InChI is InChI=1S/C23H32N2O3S/c1-4-20(21-10-8-7-9-11-21)18-24-23(26)17-14-19-12-15-22(16-13-19)29(27,28)25(5-2)6-3/h7-13,15-16,20H,4-6,14,17-18H2,1-3H3,(H,24,26). The fourth-order valence-electron chi connectivity index (χ4n) is 3.35. The molecule has 0 saturated carbocycles. The van der Waals surface area contributed by atoms with Crippen LogP contribution in [0.15, 0.2) is 59.5 Å². The van der Waals surface area contributed by atoms with Gasteiger partial charge in [-0.2, -0.15) is 4.31 Å². The third-order valence-electron chi connectivity index (χ3n) is 5.22. The Bertz CT molecular complexity index is 861. The molecular weight excluding hydrogens is 384 g/mol. The van der Waals surface area contributed by atoms with E-state index >= 15 is 0 Å². The molecule has 2 aromatic carbocycles. The zero-order valence-corrected chi connectivity index (χ0v) is 18.4. The molecule has 158 valence electrons. The van der Waals surface area contributed by atoms with Gasteiger partial charge in [-0.05, 0) is 36.1 Å². The predicted octanol–water partition coefficient (Wildman–Crippen LogP) is 3.96. The number of hydrogen-bond donors (Lipinski definition) is 1. The molecule has 0 aromatic heterocycles. The Hall–Kier alpha value is -2.18. The second-order valence-electron chi connectivity index (χ2n) is 7.05. The summed E-state index contributed by atoms with van der Waals surface area (Å²) in [7, 11) is -3.44. The van der Waals surface area contributed by atoms with E-state index in [-0.39, 0.29) is 5.91 Å². The number of benzene rings is 2. The first-order chi connectivity index (χ1) is 13.9. The lowest BCUT2D eigenvalue weighted by molar-refractivity contribution is -0.121. The summed E-state index contributed by atoms with van der Waals surface area (Å²) in [5.41, 5.74) is 2.19. The maximum atomic E-state index is 12.5. The molecule has 0 heterocycles. The van der Waals surface area contributed by atoms with Gasteiger partial charge in [0.2, 0.25) is 15.9 Å². The summed E-state index contributed by atoms with van der Waals surface area (Å²) < 4.78 is 26.5. The number of aryl methyl sites for hydroxylation is 1. The zero-order valence-electron chi connectivity index (χ0n) is 17.6. The largest absolute Gasteiger partial charge is 0.355 e. The molecule has 0 bridgehead atoms. The lowest BCUT2D eigenvalue weighted by Gasteiger charge is -2.18. The lowest BCUT2D eigenvalue weighted by Crippen LogP contribution is -2.30. The van der Waals surface area contributed by atoms with Crippen LogP contribution in [-0.4, -0.2) is 38.3 Å². The maximum absolute atomic E-state index is 12.5. The molecular formula is C23H32N2O3S. The monoisotopic (exact) mass is 416 g/mol. The van der Waals surface area contributed by atoms with E-state index in [1.165, 1.54) is 9.87 Å². The molecule has 0 radical (unpaired) electrons. The quantitative estimate of drug-likeness (QED) is 0.603. The van der Waals surface area contributed by atoms with Gasteiger partial charge >= 0.3 is 0 Å². The molecule has 0 saturated heterocycles. The van der Waals surface area contributed by atoms with E-state index in [9.17, 15) is 13.2 Å². The molecule has 1 amide bonds. The Morgan fingerprint density at radius 2 is 1.59 bits per heavy atom. The maximum Gasteiger partial charge on any atom is 0.243 e. The third kappa shape index (κ3) is 6.41. The Labute approximate surface area is 175 Å². The summed E-state index contributed by atoms with van der Waals surface area (Å²) in [5.74, 6) is 0.323. The zero-order chi connectivity index (χ0) is 21.3. The Morgan fingerprint density at radius 1 is 0.966 bits per heavy atom. The second kappa shape index (κ2) is 11.1. The summed E-state index contributed by atoms with van der Waals surface area (Å²) in [6.45, 7) is 7.30. The van der Waals surface area contributed by atoms with Crippen molar-refractivity contribution in [3.05, 3.63) is 65.7 Å². The average molecular weight is 417 g/mol. The number of nitrogens with zero attached hydrogens (tertiary/aromatic N) is 1. The van der Waals surface area contributed by atoms with E-state index in [4.69, 9.17) is 0 Å². The van der Waals surface area contributed by atoms with Crippen LogP contribution in [0.2, 0.25) is 0 Å². The minimum Gasteiger partial charge on any atom is -0.355 e. The van der Waals surface area contributed by atoms with Crippen molar-refractivity contribution in [3.63, 3.8) is 0 Å². The van der Waals surface area contributed by atoms with Crippen molar-refractivity contribution in [2.24, 2.45) is 0 Å². The molecule has 0 aliphatic heterocycles. The highest BCUT2D eigenvalue weighted by Gasteiger charge is 2.21. The summed E-state index contributed by atoms with van der Waals surface area (Å²) >= 11 is 0. The van der Waals surface area contributed by atoms with Crippen LogP contribution in [0.5, 0.6) is 0 Å². The van der Waals surface area contributed by atoms with E-state index in [0.29, 0.717) is 43.3 Å². The van der Waals surface area contributed by atoms with Crippen LogP contribution >= 0.6 is 0 Å². The SMILES string of the molecule is CCC(CNC(=O)CCc1ccc(S(=O)(=O)N(CC)CC)cc1)c1ccccc1. The molecule has 1 unspecified atom stereocenters. The van der Waals surface area contributed by atoms with Crippen LogP contribution < -0.4 is 5.32 Å². The first kappa shape index (κ1) is 23.1. The van der Waals surface area contributed by atoms with Crippen molar-refractivity contribution in [3.8, 4) is 0 Å². The van der Waals surface area contributed by atoms with E-state index in [2.05, 4.69) is 24.4 Å². The molecule has 0 spiro atoms. The van der Waals surface area contributed by atoms with Crippen LogP contribution in [-0.2, 0) is 21.2 Å². The van der Waals surface area contributed by atoms with E-state index in [1.807, 2.05) is 32.0 Å². The smallest absolute Gasteiger partial charge is 0.243 e. The minimum atomic E-state index is -3.44. The van der Waals surface area contributed by atoms with Crippen LogP contribution in [0.4, 0.5) is 0 Å². The van der Waals surface area contributed by atoms with Gasteiger partial charge < -0.3 is 5.32 Å². The number of carbonyl (C=O) groups excluding carboxylic acids is 1. The molecule has 5 nitrogen and oxygen atoms in total. The van der Waals surface area contributed by atoms with Crippen molar-refractivity contribution >= 4 is 15.9 Å². The average Bonchev–Trinajstić information content (AvgIpc) is 2.74. The summed E-state index contributed by atoms with van der Waals surface area (Å²) in [4.78, 5) is 12.5. The normalized spacial score (nSPS) is 12.7. The Balaban J connectivity index is 1.87. The minimum absolute atomic E-state index is 0.0132. The molecule has 0 fully saturated rings. The van der Waals surface area contributed by atoms with E-state index in [1.54, 1.807) is 24.3 Å². The summed E-state index contributed by atoms with van der Waals surface area (Å²) in [5, 5.41) is 3.03. The number of sulfonamides is 1. The predicted molar refractivity (Wildman–Crippen MR) is 117 cm³/mol. The Kier molecular flexibility index (Phi) is 8.86. The topological polar surface area (TPSA) is 66.5 Å². The molecule has 29 heavy (non-hydrogen) atoms. The van der Waals surface area contributed by atoms with Crippen molar-refractivity contribution in [2.75, 3.05) is 19.6 Å². The van der Waals surface area contributed by atoms with Gasteiger partial charge in [-0.1, -0.05) is 63.2 Å². The van der Waals surface area contributed by atoms with Crippen molar-refractivity contribution in [1.29, 1.82) is 0 Å². The van der Waals surface area contributed by atoms with Gasteiger partial charge in [0.05, 0.1) is 4.90 Å². The van der Waals surface area contributed by atoms with Crippen LogP contribution in [0, 0.1) is 0 Å². The van der Waals surface area contributed by atoms with Gasteiger partial charge in [0.1, 0.15) is 0 Å². The highest BCUT2D eigenvalue weighted by Crippen LogP contribution is 2.19. The highest BCUT2D eigenvalue weighted by atomic mass is 32.2. The number of amides is 1. The number of carbonyl (C=O) groups is 1. The molecule has 2 rings (SSSR count). The first-order valence-electron chi connectivity index (χ1n) is 10.3. The van der Waals surface area contributed by atoms with E-state index in [0.717, 1.165) is 12.0 Å². The van der Waals surface area contributed by atoms with Gasteiger partial charge in [-0.25, -0.2) is 8.42 Å². The number of nitrogens with one attached hydrogen (secondary N) is 1. The molecule has 1 N–H and O–H groups in total. The number of rotatable bonds is 11. The second-order valence-corrected chi connectivity index (χ2v) is 8.99. The summed E-state index contributed by atoms with van der Waals surface area (Å²) in [6, 6.07) is 17.1. The first-order valence-corrected chi connectivity index (χ1v) is 11.8. The third-order valence-corrected chi connectivity index (χ3v) is 7.28. The van der Waals surface area contributed by atoms with Gasteiger partial charge in [0.15, 0.2) is 0 Å². The fourth-order valence-corrected chi connectivity index (χ4v) is 4.81. The molecule has 2 aromatic rings. The van der Waals surface area contributed by atoms with Crippen molar-refractivity contribution in [2.45, 2.75) is 50.8 Å². The fraction of sp³-hybridized carbons (Fsp3) is 0.435. The van der Waals surface area contributed by atoms with Gasteiger partial charge in [0.25, 0.3) is 0 Å². The molecule has 0 aliphatic rings. The van der Waals surface area contributed by atoms with Crippen molar-refractivity contribution in [1.82, 2.24) is 9.62 Å². The van der Waals surface area contributed by atoms with Crippen molar-refractivity contribution < 1.29 is 13.2 Å². The van der Waals surface area contributed by atoms with Crippen LogP contribution in [0.3, 0.4) is 0 Å². The lowest BCUT2D eigenvalue weighted by atomic mass is 9.96. The van der Waals surface area contributed by atoms with Crippen LogP contribution in [0.25, 0.3) is 0 Å². The van der Waals surface area contributed by atoms with Gasteiger partial charge in [0, 0.05) is 32.0 Å². The van der Waals surface area contributed by atoms with E-state index < -0.39 is 10.0 Å². The van der Waals surface area contributed by atoms with Gasteiger partial charge in [-0.15, -0.1) is 0 Å². The number of hydrogen-bond acceptors (Lipinski definition) is 3. The van der Waals surface area contributed by atoms with Gasteiger partial charge in [-0.3, -0.25) is 4.79 Å². The summed E-state index contributed by atoms with van der Waals surface area (Å²) in [6.07, 6.45) is 1.93. The van der Waals surface area contributed by atoms with Crippen LogP contribution in [0.1, 0.15) is 50.7 Å². The molecule has 6 heteroatoms. The highest BCUT2D eigenvalue weighted by molar-refractivity contribution is 7.89.